The smallest absolute Gasteiger partial charge is 0.270 e. The molecule has 1 N–H and O–H groups in total. The third kappa shape index (κ3) is 2.45. The first-order chi connectivity index (χ1) is 10.4. The van der Waals surface area contributed by atoms with Crippen LogP contribution in [0.25, 0.3) is 0 Å². The first-order valence-corrected chi connectivity index (χ1v) is 8.10. The van der Waals surface area contributed by atoms with Crippen molar-refractivity contribution in [3.05, 3.63) is 48.0 Å². The molecule has 1 aliphatic rings. The van der Waals surface area contributed by atoms with E-state index in [-0.39, 0.29) is 16.5 Å². The van der Waals surface area contributed by atoms with Crippen molar-refractivity contribution in [2.75, 3.05) is 18.3 Å². The Morgan fingerprint density at radius 1 is 1.23 bits per heavy atom. The predicted molar refractivity (Wildman–Crippen MR) is 78.6 cm³/mol. The van der Waals surface area contributed by atoms with Gasteiger partial charge in [0.2, 0.25) is 0 Å². The van der Waals surface area contributed by atoms with Gasteiger partial charge in [-0.1, -0.05) is 12.1 Å². The van der Waals surface area contributed by atoms with Crippen LogP contribution < -0.4 is 4.72 Å². The first-order valence-electron chi connectivity index (χ1n) is 6.61. The predicted octanol–water partition coefficient (Wildman–Crippen LogP) is 1.51. The van der Waals surface area contributed by atoms with Gasteiger partial charge < -0.3 is 9.47 Å². The number of hydrogen-bond donors (Lipinski definition) is 1. The Hall–Kier alpha value is -2.35. The van der Waals surface area contributed by atoms with Crippen LogP contribution >= 0.6 is 0 Å². The van der Waals surface area contributed by atoms with Gasteiger partial charge in [0, 0.05) is 26.3 Å². The third-order valence-electron chi connectivity index (χ3n) is 3.54. The number of aromatic nitrogens is 1. The molecule has 0 unspecified atom stereocenters. The number of anilines is 1. The third-order valence-corrected chi connectivity index (χ3v) is 4.87. The average Bonchev–Trinajstić information content (AvgIpc) is 2.91. The lowest BCUT2D eigenvalue weighted by atomic mass is 10.3. The van der Waals surface area contributed by atoms with Gasteiger partial charge in [0.15, 0.2) is 0 Å². The van der Waals surface area contributed by atoms with Crippen LogP contribution in [0.4, 0.5) is 10.1 Å². The summed E-state index contributed by atoms with van der Waals surface area (Å²) >= 11 is 0. The molecule has 2 aromatic rings. The average molecular weight is 323 g/mol. The minimum absolute atomic E-state index is 0.0607. The number of sulfonamides is 1. The quantitative estimate of drug-likeness (QED) is 0.931. The van der Waals surface area contributed by atoms with Crippen molar-refractivity contribution in [3.8, 4) is 0 Å². The molecule has 0 atom stereocenters. The van der Waals surface area contributed by atoms with Gasteiger partial charge in [0.05, 0.1) is 5.69 Å². The number of fused-ring (bicyclic) bond motifs is 1. The highest BCUT2D eigenvalue weighted by atomic mass is 32.2. The van der Waals surface area contributed by atoms with Crippen molar-refractivity contribution in [3.63, 3.8) is 0 Å². The molecular formula is C14H14FN3O3S. The summed E-state index contributed by atoms with van der Waals surface area (Å²) in [5.74, 6) is -0.899. The number of hydrogen-bond acceptors (Lipinski definition) is 3. The molecule has 116 valence electrons. The molecule has 8 heteroatoms. The standard InChI is InChI=1S/C14H14FN3O3S/c1-17-6-7-18-9-10(8-13(18)14(17)19)22(20,21)16-12-5-3-2-4-11(12)15/h2-5,8-9,16H,6-7H2,1H3. The van der Waals surface area contributed by atoms with E-state index in [0.29, 0.717) is 18.8 Å². The molecule has 0 fully saturated rings. The first kappa shape index (κ1) is 14.6. The number of amides is 1. The minimum Gasteiger partial charge on any atom is -0.340 e. The molecule has 3 rings (SSSR count). The number of rotatable bonds is 3. The Labute approximate surface area is 127 Å². The van der Waals surface area contributed by atoms with Gasteiger partial charge in [0.1, 0.15) is 16.4 Å². The van der Waals surface area contributed by atoms with Crippen molar-refractivity contribution in [2.45, 2.75) is 11.4 Å². The number of benzene rings is 1. The fraction of sp³-hybridized carbons (Fsp3) is 0.214. The zero-order valence-corrected chi connectivity index (χ0v) is 12.6. The number of carbonyl (C=O) groups is 1. The number of carbonyl (C=O) groups excluding carboxylic acids is 1. The molecule has 6 nitrogen and oxygen atoms in total. The fourth-order valence-corrected chi connectivity index (χ4v) is 3.40. The number of nitrogens with zero attached hydrogens (tertiary/aromatic N) is 2. The topological polar surface area (TPSA) is 71.4 Å². The van der Waals surface area contributed by atoms with E-state index in [9.17, 15) is 17.6 Å². The summed E-state index contributed by atoms with van der Waals surface area (Å²) in [7, 11) is -2.30. The summed E-state index contributed by atoms with van der Waals surface area (Å²) in [5, 5.41) is 0. The van der Waals surface area contributed by atoms with E-state index in [4.69, 9.17) is 0 Å². The van der Waals surface area contributed by atoms with Crippen molar-refractivity contribution < 1.29 is 17.6 Å². The highest BCUT2D eigenvalue weighted by Gasteiger charge is 2.26. The molecule has 1 aromatic carbocycles. The van der Waals surface area contributed by atoms with E-state index in [1.807, 2.05) is 0 Å². The highest BCUT2D eigenvalue weighted by Crippen LogP contribution is 2.22. The van der Waals surface area contributed by atoms with Gasteiger partial charge in [-0.05, 0) is 18.2 Å². The zero-order valence-electron chi connectivity index (χ0n) is 11.8. The second-order valence-corrected chi connectivity index (χ2v) is 6.75. The Balaban J connectivity index is 1.96. The molecule has 0 aliphatic carbocycles. The monoisotopic (exact) mass is 323 g/mol. The molecule has 1 amide bonds. The van der Waals surface area contributed by atoms with E-state index in [1.165, 1.54) is 41.4 Å². The zero-order chi connectivity index (χ0) is 15.9. The Morgan fingerprint density at radius 3 is 2.68 bits per heavy atom. The van der Waals surface area contributed by atoms with E-state index in [1.54, 1.807) is 11.6 Å². The van der Waals surface area contributed by atoms with E-state index in [0.717, 1.165) is 0 Å². The number of nitrogens with one attached hydrogen (secondary N) is 1. The number of halogens is 1. The van der Waals surface area contributed by atoms with Crippen molar-refractivity contribution in [2.24, 2.45) is 0 Å². The number of likely N-dealkylation sites (N-methyl/N-ethyl adjacent to an activating group) is 1. The van der Waals surface area contributed by atoms with Gasteiger partial charge in [-0.15, -0.1) is 0 Å². The second-order valence-electron chi connectivity index (χ2n) is 5.07. The van der Waals surface area contributed by atoms with Crippen molar-refractivity contribution in [1.82, 2.24) is 9.47 Å². The summed E-state index contributed by atoms with van der Waals surface area (Å²) in [6.07, 6.45) is 1.39. The molecular weight excluding hydrogens is 309 g/mol. The SMILES string of the molecule is CN1CCn2cc(S(=O)(=O)Nc3ccccc3F)cc2C1=O. The molecule has 0 saturated carbocycles. The van der Waals surface area contributed by atoms with Crippen LogP contribution in [-0.4, -0.2) is 37.4 Å². The lowest BCUT2D eigenvalue weighted by Crippen LogP contribution is -2.36. The van der Waals surface area contributed by atoms with Crippen LogP contribution in [0.15, 0.2) is 41.4 Å². The Bertz CT molecular complexity index is 845. The summed E-state index contributed by atoms with van der Waals surface area (Å²) < 4.78 is 42.1. The van der Waals surface area contributed by atoms with Crippen molar-refractivity contribution in [1.29, 1.82) is 0 Å². The lowest BCUT2D eigenvalue weighted by molar-refractivity contribution is 0.0749. The molecule has 1 aromatic heterocycles. The molecule has 2 heterocycles. The largest absolute Gasteiger partial charge is 0.340 e. The van der Waals surface area contributed by atoms with Crippen LogP contribution in [0.3, 0.4) is 0 Å². The Kier molecular flexibility index (Phi) is 3.40. The summed E-state index contributed by atoms with van der Waals surface area (Å²) in [6.45, 7) is 1.04. The van der Waals surface area contributed by atoms with Crippen LogP contribution in [0.1, 0.15) is 10.5 Å². The summed E-state index contributed by atoms with van der Waals surface area (Å²) in [5.41, 5.74) is 0.178. The maximum atomic E-state index is 13.6. The van der Waals surface area contributed by atoms with Crippen LogP contribution in [0.5, 0.6) is 0 Å². The van der Waals surface area contributed by atoms with E-state index in [2.05, 4.69) is 4.72 Å². The van der Waals surface area contributed by atoms with Gasteiger partial charge in [-0.25, -0.2) is 12.8 Å². The van der Waals surface area contributed by atoms with Gasteiger partial charge in [-0.2, -0.15) is 0 Å². The number of para-hydroxylation sites is 1. The van der Waals surface area contributed by atoms with Crippen molar-refractivity contribution >= 4 is 21.6 Å². The summed E-state index contributed by atoms with van der Waals surface area (Å²) in [4.78, 5) is 13.5. The molecule has 0 spiro atoms. The van der Waals surface area contributed by atoms with Crippen LogP contribution in [-0.2, 0) is 16.6 Å². The molecule has 0 bridgehead atoms. The lowest BCUT2D eigenvalue weighted by Gasteiger charge is -2.23. The van der Waals surface area contributed by atoms with Gasteiger partial charge >= 0.3 is 0 Å². The maximum absolute atomic E-state index is 13.6. The molecule has 22 heavy (non-hydrogen) atoms. The molecule has 0 radical (unpaired) electrons. The van der Waals surface area contributed by atoms with Gasteiger partial charge in [0.25, 0.3) is 15.9 Å². The van der Waals surface area contributed by atoms with Crippen LogP contribution in [0, 0.1) is 5.82 Å². The normalized spacial score (nSPS) is 14.8. The summed E-state index contributed by atoms with van der Waals surface area (Å²) in [6, 6.07) is 6.81. The molecule has 1 aliphatic heterocycles. The van der Waals surface area contributed by atoms with E-state index < -0.39 is 15.8 Å². The molecule has 0 saturated heterocycles. The highest BCUT2D eigenvalue weighted by molar-refractivity contribution is 7.92. The second kappa shape index (κ2) is 5.13. The fourth-order valence-electron chi connectivity index (χ4n) is 2.30. The van der Waals surface area contributed by atoms with E-state index >= 15 is 0 Å². The maximum Gasteiger partial charge on any atom is 0.270 e. The Morgan fingerprint density at radius 2 is 1.95 bits per heavy atom. The van der Waals surface area contributed by atoms with Crippen LogP contribution in [0.2, 0.25) is 0 Å². The van der Waals surface area contributed by atoms with Gasteiger partial charge in [-0.3, -0.25) is 9.52 Å². The minimum atomic E-state index is -3.95.